The van der Waals surface area contributed by atoms with Gasteiger partial charge in [-0.15, -0.1) is 0 Å². The van der Waals surface area contributed by atoms with Gasteiger partial charge in [0.1, 0.15) is 12.1 Å². The molecule has 0 aliphatic carbocycles. The lowest BCUT2D eigenvalue weighted by Crippen LogP contribution is -2.06. The first kappa shape index (κ1) is 11.3. The third-order valence-electron chi connectivity index (χ3n) is 1.82. The number of nitrogens with one attached hydrogen (secondary N) is 1. The fourth-order valence-corrected chi connectivity index (χ4v) is 1.46. The van der Waals surface area contributed by atoms with Crippen molar-refractivity contribution in [3.05, 3.63) is 21.3 Å². The number of aldehydes is 1. The quantitative estimate of drug-likeness (QED) is 0.816. The molecule has 0 radical (unpaired) electrons. The largest absolute Gasteiger partial charge is 0.362 e. The van der Waals surface area contributed by atoms with Gasteiger partial charge in [-0.1, -0.05) is 23.2 Å². The van der Waals surface area contributed by atoms with Crippen molar-refractivity contribution in [2.45, 2.75) is 13.8 Å². The summed E-state index contributed by atoms with van der Waals surface area (Å²) in [7, 11) is 0. The highest BCUT2D eigenvalue weighted by Crippen LogP contribution is 2.30. The number of rotatable bonds is 3. The first-order valence-corrected chi connectivity index (χ1v) is 4.83. The molecule has 0 atom stereocenters. The summed E-state index contributed by atoms with van der Waals surface area (Å²) in [5.41, 5.74) is 1.47. The zero-order valence-electron chi connectivity index (χ0n) is 7.90. The summed E-state index contributed by atoms with van der Waals surface area (Å²) < 4.78 is 0. The van der Waals surface area contributed by atoms with Crippen LogP contribution in [0.25, 0.3) is 0 Å². The molecule has 0 saturated carbocycles. The van der Waals surface area contributed by atoms with Gasteiger partial charge in [0.15, 0.2) is 0 Å². The minimum Gasteiger partial charge on any atom is -0.362 e. The molecule has 0 amide bonds. The molecule has 5 heteroatoms. The third kappa shape index (κ3) is 2.16. The van der Waals surface area contributed by atoms with Crippen LogP contribution in [0.4, 0.5) is 5.82 Å². The number of nitrogens with zero attached hydrogens (tertiary/aromatic N) is 1. The Bertz CT molecular complexity index is 366. The lowest BCUT2D eigenvalue weighted by atomic mass is 10.2. The number of hydrogen-bond donors (Lipinski definition) is 1. The zero-order chi connectivity index (χ0) is 10.7. The Balaban J connectivity index is 3.12. The van der Waals surface area contributed by atoms with Crippen molar-refractivity contribution in [3.8, 4) is 0 Å². The second kappa shape index (κ2) is 4.62. The van der Waals surface area contributed by atoms with Gasteiger partial charge in [0, 0.05) is 0 Å². The summed E-state index contributed by atoms with van der Waals surface area (Å²) in [6.07, 6.45) is 0.747. The highest BCUT2D eigenvalue weighted by molar-refractivity contribution is 6.37. The molecule has 0 spiro atoms. The molecule has 0 fully saturated rings. The molecule has 14 heavy (non-hydrogen) atoms. The van der Waals surface area contributed by atoms with E-state index in [1.807, 2.05) is 6.92 Å². The summed E-state index contributed by atoms with van der Waals surface area (Å²) in [6.45, 7) is 3.79. The predicted octanol–water partition coefficient (Wildman–Crippen LogP) is 2.62. The molecule has 0 bridgehead atoms. The number of carbonyl (C=O) groups excluding carboxylic acids is 1. The summed E-state index contributed by atoms with van der Waals surface area (Å²) in [4.78, 5) is 14.3. The topological polar surface area (TPSA) is 42.0 Å². The van der Waals surface area contributed by atoms with Gasteiger partial charge < -0.3 is 10.1 Å². The Morgan fingerprint density at radius 3 is 2.57 bits per heavy atom. The van der Waals surface area contributed by atoms with Crippen molar-refractivity contribution >= 4 is 35.3 Å². The molecule has 0 aliphatic rings. The number of halogens is 2. The van der Waals surface area contributed by atoms with Crippen LogP contribution >= 0.6 is 23.2 Å². The second-order valence-electron chi connectivity index (χ2n) is 2.85. The SMILES string of the molecule is Cc1nc(NCC=O)c(Cl)c(C)c1Cl. The van der Waals surface area contributed by atoms with Crippen molar-refractivity contribution in [2.24, 2.45) is 0 Å². The number of hydrogen-bond acceptors (Lipinski definition) is 3. The van der Waals surface area contributed by atoms with Crippen molar-refractivity contribution in [3.63, 3.8) is 0 Å². The van der Waals surface area contributed by atoms with Crippen molar-refractivity contribution in [1.82, 2.24) is 4.98 Å². The second-order valence-corrected chi connectivity index (χ2v) is 3.60. The van der Waals surface area contributed by atoms with E-state index in [0.29, 0.717) is 21.6 Å². The molecule has 1 aromatic rings. The van der Waals surface area contributed by atoms with Crippen LogP contribution < -0.4 is 5.32 Å². The Kier molecular flexibility index (Phi) is 3.72. The molecule has 1 heterocycles. The molecular formula is C9H10Cl2N2O. The van der Waals surface area contributed by atoms with Crippen LogP contribution in [0.1, 0.15) is 11.3 Å². The number of aryl methyl sites for hydroxylation is 1. The minimum atomic E-state index is 0.188. The van der Waals surface area contributed by atoms with Gasteiger partial charge in [0.2, 0.25) is 0 Å². The Morgan fingerprint density at radius 1 is 1.36 bits per heavy atom. The van der Waals surface area contributed by atoms with E-state index in [2.05, 4.69) is 10.3 Å². The van der Waals surface area contributed by atoms with Crippen LogP contribution in [0, 0.1) is 13.8 Å². The number of anilines is 1. The highest BCUT2D eigenvalue weighted by atomic mass is 35.5. The van der Waals surface area contributed by atoms with E-state index in [0.717, 1.165) is 11.8 Å². The molecule has 0 saturated heterocycles. The van der Waals surface area contributed by atoms with Gasteiger partial charge in [0.25, 0.3) is 0 Å². The monoisotopic (exact) mass is 232 g/mol. The zero-order valence-corrected chi connectivity index (χ0v) is 9.41. The van der Waals surface area contributed by atoms with Crippen molar-refractivity contribution in [1.29, 1.82) is 0 Å². The maximum Gasteiger partial charge on any atom is 0.145 e. The molecule has 3 nitrogen and oxygen atoms in total. The van der Waals surface area contributed by atoms with Gasteiger partial charge in [-0.2, -0.15) is 0 Å². The average molecular weight is 233 g/mol. The van der Waals surface area contributed by atoms with E-state index in [4.69, 9.17) is 23.2 Å². The van der Waals surface area contributed by atoms with Gasteiger partial charge in [-0.25, -0.2) is 4.98 Å². The van der Waals surface area contributed by atoms with E-state index in [-0.39, 0.29) is 6.54 Å². The highest BCUT2D eigenvalue weighted by Gasteiger charge is 2.10. The fraction of sp³-hybridized carbons (Fsp3) is 0.333. The van der Waals surface area contributed by atoms with Crippen molar-refractivity contribution < 1.29 is 4.79 Å². The van der Waals surface area contributed by atoms with Gasteiger partial charge >= 0.3 is 0 Å². The van der Waals surface area contributed by atoms with Crippen LogP contribution in [0.5, 0.6) is 0 Å². The van der Waals surface area contributed by atoms with Gasteiger partial charge in [0.05, 0.1) is 22.3 Å². The average Bonchev–Trinajstić information content (AvgIpc) is 2.18. The van der Waals surface area contributed by atoms with Gasteiger partial charge in [-0.05, 0) is 19.4 Å². The Morgan fingerprint density at radius 2 is 2.00 bits per heavy atom. The summed E-state index contributed by atoms with van der Waals surface area (Å²) in [5.74, 6) is 0.498. The molecule has 0 aromatic carbocycles. The van der Waals surface area contributed by atoms with E-state index in [1.165, 1.54) is 0 Å². The fourth-order valence-electron chi connectivity index (χ4n) is 1.07. The first-order chi connectivity index (χ1) is 6.57. The Labute approximate surface area is 92.4 Å². The van der Waals surface area contributed by atoms with Crippen LogP contribution in [0.3, 0.4) is 0 Å². The Hall–Kier alpha value is -0.800. The van der Waals surface area contributed by atoms with Crippen LogP contribution in [0.15, 0.2) is 0 Å². The lowest BCUT2D eigenvalue weighted by Gasteiger charge is -2.10. The molecule has 1 N–H and O–H groups in total. The summed E-state index contributed by atoms with van der Waals surface area (Å²) >= 11 is 11.9. The van der Waals surface area contributed by atoms with Crippen molar-refractivity contribution in [2.75, 3.05) is 11.9 Å². The number of carbonyl (C=O) groups is 1. The maximum atomic E-state index is 10.2. The van der Waals surface area contributed by atoms with E-state index in [9.17, 15) is 4.79 Å². The first-order valence-electron chi connectivity index (χ1n) is 4.07. The van der Waals surface area contributed by atoms with Crippen LogP contribution in [-0.4, -0.2) is 17.8 Å². The van der Waals surface area contributed by atoms with Crippen LogP contribution in [-0.2, 0) is 4.79 Å². The van der Waals surface area contributed by atoms with Gasteiger partial charge in [-0.3, -0.25) is 0 Å². The molecule has 76 valence electrons. The summed E-state index contributed by atoms with van der Waals surface area (Å²) in [6, 6.07) is 0. The number of pyridine rings is 1. The van der Waals surface area contributed by atoms with E-state index in [1.54, 1.807) is 6.92 Å². The standard InChI is InChI=1S/C9H10Cl2N2O/c1-5-7(10)6(2)13-9(8(5)11)12-3-4-14/h4H,3H2,1-2H3,(H,12,13). The number of aromatic nitrogens is 1. The van der Waals surface area contributed by atoms with Crippen LogP contribution in [0.2, 0.25) is 10.0 Å². The third-order valence-corrected chi connectivity index (χ3v) is 2.84. The predicted molar refractivity (Wildman–Crippen MR) is 58.3 cm³/mol. The maximum absolute atomic E-state index is 10.2. The van der Waals surface area contributed by atoms with E-state index >= 15 is 0 Å². The normalized spacial score (nSPS) is 10.0. The lowest BCUT2D eigenvalue weighted by molar-refractivity contribution is -0.106. The molecular weight excluding hydrogens is 223 g/mol. The smallest absolute Gasteiger partial charge is 0.145 e. The molecule has 1 aromatic heterocycles. The minimum absolute atomic E-state index is 0.188. The summed E-state index contributed by atoms with van der Waals surface area (Å²) in [5, 5.41) is 3.82. The van der Waals surface area contributed by atoms with E-state index < -0.39 is 0 Å². The molecule has 0 aliphatic heterocycles. The molecule has 1 rings (SSSR count). The molecule has 0 unspecified atom stereocenters.